The van der Waals surface area contributed by atoms with E-state index in [1.807, 2.05) is 0 Å². The quantitative estimate of drug-likeness (QED) is 0.0926. The number of para-hydroxylation sites is 1. The van der Waals surface area contributed by atoms with Crippen molar-refractivity contribution >= 4 is 60.0 Å². The van der Waals surface area contributed by atoms with Crippen molar-refractivity contribution in [3.05, 3.63) is 75.8 Å². The lowest BCUT2D eigenvalue weighted by molar-refractivity contribution is -0.153. The molecule has 2 atom stereocenters. The molecule has 8 N–H and O–H groups in total. The van der Waals surface area contributed by atoms with Gasteiger partial charge in [0.2, 0.25) is 5.91 Å². The van der Waals surface area contributed by atoms with Gasteiger partial charge in [-0.15, -0.1) is 0 Å². The molecule has 0 aromatic heterocycles. The highest BCUT2D eigenvalue weighted by atomic mass is 35.5. The third kappa shape index (κ3) is 6.92. The number of rotatable bonds is 8. The normalized spacial score (nSPS) is 16.2. The summed E-state index contributed by atoms with van der Waals surface area (Å²) in [5, 5.41) is 57.2. The number of hydrogen-bond donors (Lipinski definition) is 8. The van der Waals surface area contributed by atoms with Crippen molar-refractivity contribution in [3.63, 3.8) is 0 Å². The molecule has 260 valence electrons. The van der Waals surface area contributed by atoms with Gasteiger partial charge in [0.1, 0.15) is 17.5 Å². The van der Waals surface area contributed by atoms with E-state index < -0.39 is 77.0 Å². The number of nitrogens with zero attached hydrogens (tertiary/aromatic N) is 2. The number of halogens is 1. The van der Waals surface area contributed by atoms with Gasteiger partial charge in [0.05, 0.1) is 27.8 Å². The van der Waals surface area contributed by atoms with Crippen LogP contribution in [-0.2, 0) is 20.8 Å². The first-order chi connectivity index (χ1) is 23.7. The third-order valence-electron chi connectivity index (χ3n) is 8.08. The number of benzene rings is 3. The molecule has 6 amide bonds. The Bertz CT molecular complexity index is 1930. The molecule has 1 fully saturated rings. The first-order valence-corrected chi connectivity index (χ1v) is 15.4. The fourth-order valence-corrected chi connectivity index (χ4v) is 5.65. The van der Waals surface area contributed by atoms with Gasteiger partial charge in [0.25, 0.3) is 5.91 Å². The molecule has 1 saturated heterocycles. The molecule has 19 heteroatoms. The molecule has 0 aliphatic carbocycles. The van der Waals surface area contributed by atoms with Crippen LogP contribution >= 0.6 is 11.6 Å². The van der Waals surface area contributed by atoms with Gasteiger partial charge >= 0.3 is 30.9 Å². The molecule has 3 aromatic carbocycles. The lowest BCUT2D eigenvalue weighted by atomic mass is 9.72. The fraction of sp³-hybridized carbons (Fsp3) is 0.226. The van der Waals surface area contributed by atoms with E-state index >= 15 is 0 Å². The van der Waals surface area contributed by atoms with E-state index in [2.05, 4.69) is 16.0 Å². The SMILES string of the molecule is CCN1CCN(C(=O)NC(C(=O)N[C@H]2Cc3cccc(C(=O)O)c3OB2O)c2ccc(O)c(NC(=O)c3ccc(O)c(O)c3Cl)c2)C(=O)C1=O. The molecule has 0 radical (unpaired) electrons. The number of piperazine rings is 1. The van der Waals surface area contributed by atoms with Crippen LogP contribution in [0.4, 0.5) is 10.5 Å². The van der Waals surface area contributed by atoms with Crippen LogP contribution in [0.2, 0.25) is 5.02 Å². The Labute approximate surface area is 288 Å². The second-order valence-electron chi connectivity index (χ2n) is 11.2. The first kappa shape index (κ1) is 35.3. The van der Waals surface area contributed by atoms with Gasteiger partial charge in [-0.05, 0) is 54.8 Å². The Kier molecular flexibility index (Phi) is 10.0. The minimum absolute atomic E-state index is 0.0411. The number of carbonyl (C=O) groups is 6. The van der Waals surface area contributed by atoms with Gasteiger partial charge in [-0.1, -0.05) is 29.8 Å². The summed E-state index contributed by atoms with van der Waals surface area (Å²) in [6.07, 6.45) is -0.0902. The molecule has 50 heavy (non-hydrogen) atoms. The number of carboxylic acids is 1. The third-order valence-corrected chi connectivity index (χ3v) is 8.47. The molecule has 17 nitrogen and oxygen atoms in total. The Morgan fingerprint density at radius 3 is 2.42 bits per heavy atom. The topological polar surface area (TPSA) is 255 Å². The van der Waals surface area contributed by atoms with Crippen LogP contribution in [0, 0.1) is 0 Å². The molecule has 5 rings (SSSR count). The number of phenolic OH excluding ortho intramolecular Hbond substituents is 3. The molecule has 2 aliphatic rings. The molecule has 0 bridgehead atoms. The van der Waals surface area contributed by atoms with E-state index in [-0.39, 0.29) is 54.2 Å². The lowest BCUT2D eigenvalue weighted by Gasteiger charge is -2.33. The minimum Gasteiger partial charge on any atom is -0.534 e. The van der Waals surface area contributed by atoms with Gasteiger partial charge in [-0.3, -0.25) is 24.1 Å². The predicted octanol–water partition coefficient (Wildman–Crippen LogP) is 0.988. The summed E-state index contributed by atoms with van der Waals surface area (Å²) in [5.74, 6) is -8.37. The number of nitrogens with one attached hydrogen (secondary N) is 3. The second-order valence-corrected chi connectivity index (χ2v) is 11.6. The summed E-state index contributed by atoms with van der Waals surface area (Å²) in [6, 6.07) is 7.02. The smallest absolute Gasteiger partial charge is 0.534 e. The number of urea groups is 1. The molecule has 0 saturated carbocycles. The number of carboxylic acid groups (broad SMARTS) is 1. The number of imide groups is 1. The summed E-state index contributed by atoms with van der Waals surface area (Å²) in [7, 11) is -1.73. The van der Waals surface area contributed by atoms with Crippen LogP contribution in [0.3, 0.4) is 0 Å². The Morgan fingerprint density at radius 1 is 1.00 bits per heavy atom. The zero-order chi connectivity index (χ0) is 36.4. The summed E-state index contributed by atoms with van der Waals surface area (Å²) in [4.78, 5) is 79.1. The van der Waals surface area contributed by atoms with Crippen LogP contribution in [-0.4, -0.2) is 104 Å². The maximum atomic E-state index is 13.9. The van der Waals surface area contributed by atoms with Crippen LogP contribution in [0.5, 0.6) is 23.0 Å². The van der Waals surface area contributed by atoms with E-state index in [4.69, 9.17) is 16.3 Å². The van der Waals surface area contributed by atoms with E-state index in [0.29, 0.717) is 10.5 Å². The monoisotopic (exact) mass is 709 g/mol. The molecular formula is C31H29BClN5O12. The van der Waals surface area contributed by atoms with Gasteiger partial charge in [0, 0.05) is 19.6 Å². The average molecular weight is 710 g/mol. The van der Waals surface area contributed by atoms with Crippen LogP contribution in [0.1, 0.15) is 44.8 Å². The lowest BCUT2D eigenvalue weighted by Crippen LogP contribution is -2.60. The largest absolute Gasteiger partial charge is 0.547 e. The number of fused-ring (bicyclic) bond motifs is 1. The van der Waals surface area contributed by atoms with Crippen molar-refractivity contribution < 1.29 is 58.9 Å². The number of anilines is 1. The number of aromatic carboxylic acids is 1. The molecule has 0 spiro atoms. The molecule has 3 aromatic rings. The second kappa shape index (κ2) is 14.2. The molecule has 2 aliphatic heterocycles. The Morgan fingerprint density at radius 2 is 1.72 bits per heavy atom. The van der Waals surface area contributed by atoms with Crippen molar-refractivity contribution in [2.45, 2.75) is 25.3 Å². The van der Waals surface area contributed by atoms with E-state index in [9.17, 15) is 54.2 Å². The van der Waals surface area contributed by atoms with Crippen LogP contribution in [0.15, 0.2) is 48.5 Å². The van der Waals surface area contributed by atoms with Gasteiger partial charge < -0.3 is 51.0 Å². The van der Waals surface area contributed by atoms with Gasteiger partial charge in [-0.2, -0.15) is 0 Å². The fourth-order valence-electron chi connectivity index (χ4n) is 5.41. The van der Waals surface area contributed by atoms with E-state index in [1.165, 1.54) is 23.1 Å². The predicted molar refractivity (Wildman–Crippen MR) is 174 cm³/mol. The highest BCUT2D eigenvalue weighted by molar-refractivity contribution is 6.47. The highest BCUT2D eigenvalue weighted by Crippen LogP contribution is 2.37. The van der Waals surface area contributed by atoms with Crippen molar-refractivity contribution in [1.82, 2.24) is 20.4 Å². The van der Waals surface area contributed by atoms with Crippen molar-refractivity contribution in [2.24, 2.45) is 0 Å². The van der Waals surface area contributed by atoms with Gasteiger partial charge in [0.15, 0.2) is 11.5 Å². The number of amides is 6. The number of aromatic hydroxyl groups is 3. The Balaban J connectivity index is 1.45. The number of phenols is 3. The van der Waals surface area contributed by atoms with Gasteiger partial charge in [-0.25, -0.2) is 9.59 Å². The molecule has 2 heterocycles. The zero-order valence-corrected chi connectivity index (χ0v) is 26.8. The van der Waals surface area contributed by atoms with Crippen LogP contribution < -0.4 is 20.6 Å². The highest BCUT2D eigenvalue weighted by Gasteiger charge is 2.41. The average Bonchev–Trinajstić information content (AvgIpc) is 3.08. The summed E-state index contributed by atoms with van der Waals surface area (Å²) < 4.78 is 5.44. The maximum absolute atomic E-state index is 13.9. The van der Waals surface area contributed by atoms with Crippen LogP contribution in [0.25, 0.3) is 0 Å². The minimum atomic E-state index is -1.73. The number of hydrogen-bond acceptors (Lipinski definition) is 11. The Hall–Kier alpha value is -6.01. The summed E-state index contributed by atoms with van der Waals surface area (Å²) in [6.45, 7) is 1.74. The number of carbonyl (C=O) groups excluding carboxylic acids is 5. The summed E-state index contributed by atoms with van der Waals surface area (Å²) >= 11 is 6.00. The van der Waals surface area contributed by atoms with Crippen molar-refractivity contribution in [2.75, 3.05) is 25.0 Å². The number of likely N-dealkylation sites (N-methyl/N-ethyl adjacent to an activating group) is 1. The van der Waals surface area contributed by atoms with E-state index in [1.54, 1.807) is 13.0 Å². The van der Waals surface area contributed by atoms with E-state index in [0.717, 1.165) is 24.3 Å². The van der Waals surface area contributed by atoms with Crippen molar-refractivity contribution in [1.29, 1.82) is 0 Å². The van der Waals surface area contributed by atoms with Crippen molar-refractivity contribution in [3.8, 4) is 23.0 Å². The zero-order valence-electron chi connectivity index (χ0n) is 26.0. The maximum Gasteiger partial charge on any atom is 0.547 e. The molecule has 1 unspecified atom stereocenters. The standard InChI is InChI=1S/C31H29BClN5O12/c1-2-37-10-11-38(29(45)28(37)44)31(48)36-23(27(43)35-21-13-15-4-3-5-17(30(46)47)25(15)50-32(21)49)14-6-8-19(39)18(12-14)34-26(42)16-7-9-20(40)24(41)22(16)33/h3-9,12,21,23,39-41,49H,2,10-11,13H2,1H3,(H,34,42)(H,35,43)(H,36,48)(H,46,47)/t21-,23?/m0/s1. The first-order valence-electron chi connectivity index (χ1n) is 15.0. The molecular weight excluding hydrogens is 681 g/mol. The summed E-state index contributed by atoms with van der Waals surface area (Å²) in [5.41, 5.74) is -0.494.